The summed E-state index contributed by atoms with van der Waals surface area (Å²) in [6.07, 6.45) is 2.22. The lowest BCUT2D eigenvalue weighted by Crippen LogP contribution is -2.39. The summed E-state index contributed by atoms with van der Waals surface area (Å²) in [5.74, 6) is 0. The predicted molar refractivity (Wildman–Crippen MR) is 82.1 cm³/mol. The van der Waals surface area contributed by atoms with Crippen LogP contribution in [0.25, 0.3) is 0 Å². The van der Waals surface area contributed by atoms with Crippen LogP contribution in [0.15, 0.2) is 34.0 Å². The van der Waals surface area contributed by atoms with Gasteiger partial charge in [0.25, 0.3) is 5.56 Å². The van der Waals surface area contributed by atoms with Crippen LogP contribution in [0.2, 0.25) is 0 Å². The third-order valence-electron chi connectivity index (χ3n) is 2.89. The van der Waals surface area contributed by atoms with E-state index >= 15 is 0 Å². The number of amides is 2. The maximum absolute atomic E-state index is 12.2. The molecule has 7 heteroatoms. The van der Waals surface area contributed by atoms with Crippen molar-refractivity contribution in [3.63, 3.8) is 0 Å². The SMILES string of the molecule is CCCN(Cc1ccsc1)C(=O)NCc1cc(=O)[nH]cn1. The van der Waals surface area contributed by atoms with Gasteiger partial charge in [-0.05, 0) is 28.8 Å². The van der Waals surface area contributed by atoms with Crippen LogP contribution in [0, 0.1) is 0 Å². The van der Waals surface area contributed by atoms with Gasteiger partial charge in [0.1, 0.15) is 0 Å². The van der Waals surface area contributed by atoms with E-state index in [2.05, 4.69) is 15.3 Å². The summed E-state index contributed by atoms with van der Waals surface area (Å²) in [5.41, 5.74) is 1.44. The topological polar surface area (TPSA) is 78.1 Å². The van der Waals surface area contributed by atoms with Crippen molar-refractivity contribution in [2.45, 2.75) is 26.4 Å². The fourth-order valence-corrected chi connectivity index (χ4v) is 2.57. The van der Waals surface area contributed by atoms with Crippen molar-refractivity contribution < 1.29 is 4.79 Å². The normalized spacial score (nSPS) is 10.3. The number of aromatic nitrogens is 2. The van der Waals surface area contributed by atoms with Gasteiger partial charge in [-0.25, -0.2) is 9.78 Å². The molecular weight excluding hydrogens is 288 g/mol. The number of carbonyl (C=O) groups excluding carboxylic acids is 1. The Labute approximate surface area is 126 Å². The van der Waals surface area contributed by atoms with Crippen molar-refractivity contribution in [2.75, 3.05) is 6.54 Å². The van der Waals surface area contributed by atoms with Crippen molar-refractivity contribution in [1.29, 1.82) is 0 Å². The zero-order valence-corrected chi connectivity index (χ0v) is 12.7. The number of carbonyl (C=O) groups is 1. The summed E-state index contributed by atoms with van der Waals surface area (Å²) in [6, 6.07) is 3.24. The first-order chi connectivity index (χ1) is 10.2. The summed E-state index contributed by atoms with van der Waals surface area (Å²) >= 11 is 1.62. The van der Waals surface area contributed by atoms with Crippen molar-refractivity contribution in [2.24, 2.45) is 0 Å². The molecule has 0 atom stereocenters. The van der Waals surface area contributed by atoms with Gasteiger partial charge in [0, 0.05) is 19.2 Å². The van der Waals surface area contributed by atoms with Crippen molar-refractivity contribution in [3.05, 3.63) is 50.8 Å². The second kappa shape index (κ2) is 7.58. The summed E-state index contributed by atoms with van der Waals surface area (Å²) in [5, 5.41) is 6.83. The van der Waals surface area contributed by atoms with Crippen LogP contribution >= 0.6 is 11.3 Å². The zero-order chi connectivity index (χ0) is 15.1. The lowest BCUT2D eigenvalue weighted by atomic mass is 10.3. The molecular formula is C14H18N4O2S. The van der Waals surface area contributed by atoms with E-state index in [0.717, 1.165) is 12.0 Å². The lowest BCUT2D eigenvalue weighted by molar-refractivity contribution is 0.194. The fraction of sp³-hybridized carbons (Fsp3) is 0.357. The van der Waals surface area contributed by atoms with Gasteiger partial charge in [0.2, 0.25) is 0 Å². The van der Waals surface area contributed by atoms with Crippen LogP contribution in [0.5, 0.6) is 0 Å². The van der Waals surface area contributed by atoms with Crippen molar-refractivity contribution in [3.8, 4) is 0 Å². The standard InChI is InChI=1S/C14H18N4O2S/c1-2-4-18(8-11-3-5-21-9-11)14(20)15-7-12-6-13(19)17-10-16-12/h3,5-6,9-10H,2,4,7-8H2,1H3,(H,15,20)(H,16,17,19). The fourth-order valence-electron chi connectivity index (χ4n) is 1.91. The van der Waals surface area contributed by atoms with Gasteiger partial charge in [-0.1, -0.05) is 6.92 Å². The first-order valence-electron chi connectivity index (χ1n) is 6.76. The maximum Gasteiger partial charge on any atom is 0.318 e. The molecule has 0 saturated carbocycles. The first kappa shape index (κ1) is 15.2. The van der Waals surface area contributed by atoms with E-state index in [9.17, 15) is 9.59 Å². The van der Waals surface area contributed by atoms with Crippen LogP contribution in [-0.2, 0) is 13.1 Å². The van der Waals surface area contributed by atoms with Crippen molar-refractivity contribution >= 4 is 17.4 Å². The molecule has 0 fully saturated rings. The van der Waals surface area contributed by atoms with Gasteiger partial charge < -0.3 is 15.2 Å². The van der Waals surface area contributed by atoms with Crippen molar-refractivity contribution in [1.82, 2.24) is 20.2 Å². The number of hydrogen-bond acceptors (Lipinski definition) is 4. The van der Waals surface area contributed by atoms with E-state index in [1.807, 2.05) is 23.8 Å². The minimum absolute atomic E-state index is 0.148. The molecule has 0 aliphatic rings. The van der Waals surface area contributed by atoms with E-state index in [0.29, 0.717) is 18.8 Å². The quantitative estimate of drug-likeness (QED) is 0.856. The average molecular weight is 306 g/mol. The molecule has 2 heterocycles. The summed E-state index contributed by atoms with van der Waals surface area (Å²) in [4.78, 5) is 31.6. The van der Waals surface area contributed by atoms with E-state index in [-0.39, 0.29) is 18.1 Å². The highest BCUT2D eigenvalue weighted by atomic mass is 32.1. The largest absolute Gasteiger partial charge is 0.332 e. The third-order valence-corrected chi connectivity index (χ3v) is 3.62. The molecule has 2 aromatic heterocycles. The summed E-state index contributed by atoms with van der Waals surface area (Å²) in [6.45, 7) is 3.55. The van der Waals surface area contributed by atoms with Gasteiger partial charge in [-0.2, -0.15) is 11.3 Å². The molecule has 0 aliphatic heterocycles. The molecule has 0 unspecified atom stereocenters. The summed E-state index contributed by atoms with van der Waals surface area (Å²) in [7, 11) is 0. The molecule has 2 N–H and O–H groups in total. The second-order valence-corrected chi connectivity index (χ2v) is 5.39. The molecule has 0 spiro atoms. The van der Waals surface area contributed by atoms with E-state index in [1.54, 1.807) is 16.2 Å². The number of nitrogens with one attached hydrogen (secondary N) is 2. The Morgan fingerprint density at radius 2 is 2.38 bits per heavy atom. The van der Waals surface area contributed by atoms with Gasteiger partial charge in [0.15, 0.2) is 0 Å². The maximum atomic E-state index is 12.2. The molecule has 2 amide bonds. The Morgan fingerprint density at radius 1 is 1.52 bits per heavy atom. The number of aromatic amines is 1. The van der Waals surface area contributed by atoms with Crippen LogP contribution in [0.4, 0.5) is 4.79 Å². The van der Waals surface area contributed by atoms with E-state index < -0.39 is 0 Å². The molecule has 0 saturated heterocycles. The minimum Gasteiger partial charge on any atom is -0.332 e. The van der Waals surface area contributed by atoms with Gasteiger partial charge >= 0.3 is 6.03 Å². The van der Waals surface area contributed by atoms with Crippen LogP contribution < -0.4 is 10.9 Å². The number of H-pyrrole nitrogens is 1. The number of rotatable bonds is 6. The molecule has 2 aromatic rings. The molecule has 6 nitrogen and oxygen atoms in total. The van der Waals surface area contributed by atoms with Crippen LogP contribution in [-0.4, -0.2) is 27.4 Å². The van der Waals surface area contributed by atoms with Gasteiger partial charge in [-0.3, -0.25) is 4.79 Å². The highest BCUT2D eigenvalue weighted by Crippen LogP contribution is 2.10. The molecule has 0 aliphatic carbocycles. The smallest absolute Gasteiger partial charge is 0.318 e. The Bertz CT molecular complexity index is 624. The van der Waals surface area contributed by atoms with Gasteiger partial charge in [-0.15, -0.1) is 0 Å². The highest BCUT2D eigenvalue weighted by molar-refractivity contribution is 7.07. The monoisotopic (exact) mass is 306 g/mol. The minimum atomic E-state index is -0.224. The Hall–Kier alpha value is -2.15. The lowest BCUT2D eigenvalue weighted by Gasteiger charge is -2.22. The Kier molecular flexibility index (Phi) is 5.51. The first-order valence-corrected chi connectivity index (χ1v) is 7.70. The predicted octanol–water partition coefficient (Wildman–Crippen LogP) is 1.95. The molecule has 112 valence electrons. The number of urea groups is 1. The van der Waals surface area contributed by atoms with Crippen LogP contribution in [0.1, 0.15) is 24.6 Å². The van der Waals surface area contributed by atoms with E-state index in [4.69, 9.17) is 0 Å². The van der Waals surface area contributed by atoms with E-state index in [1.165, 1.54) is 12.4 Å². The van der Waals surface area contributed by atoms with Gasteiger partial charge in [0.05, 0.1) is 18.6 Å². The zero-order valence-electron chi connectivity index (χ0n) is 11.8. The second-order valence-electron chi connectivity index (χ2n) is 4.61. The molecule has 0 aromatic carbocycles. The molecule has 2 rings (SSSR count). The number of thiophene rings is 1. The Balaban J connectivity index is 1.93. The third kappa shape index (κ3) is 4.71. The Morgan fingerprint density at radius 3 is 3.05 bits per heavy atom. The molecule has 0 bridgehead atoms. The number of nitrogens with zero attached hydrogens (tertiary/aromatic N) is 2. The summed E-state index contributed by atoms with van der Waals surface area (Å²) < 4.78 is 0. The number of hydrogen-bond donors (Lipinski definition) is 2. The highest BCUT2D eigenvalue weighted by Gasteiger charge is 2.13. The van der Waals surface area contributed by atoms with Crippen LogP contribution in [0.3, 0.4) is 0 Å². The molecule has 21 heavy (non-hydrogen) atoms. The molecule has 0 radical (unpaired) electrons. The average Bonchev–Trinajstić information content (AvgIpc) is 2.97.